The molecule has 0 atom stereocenters. The smallest absolute Gasteiger partial charge is 0.323 e. The van der Waals surface area contributed by atoms with E-state index in [0.717, 1.165) is 0 Å². The minimum absolute atomic E-state index is 0.286. The van der Waals surface area contributed by atoms with Crippen LogP contribution in [0.25, 0.3) is 0 Å². The van der Waals surface area contributed by atoms with Crippen LogP contribution < -0.4 is 0 Å². The molecule has 0 aromatic carbocycles. The van der Waals surface area contributed by atoms with E-state index in [4.69, 9.17) is 5.11 Å². The molecule has 4 heteroatoms. The van der Waals surface area contributed by atoms with Crippen molar-refractivity contribution in [3.8, 4) is 0 Å². The number of halogens is 3. The van der Waals surface area contributed by atoms with Crippen LogP contribution in [0.1, 0.15) is 0 Å². The number of hydrogen-bond donors (Lipinski definition) is 1. The molecule has 0 fully saturated rings. The molecule has 0 aliphatic heterocycles. The van der Waals surface area contributed by atoms with Crippen LogP contribution in [0.4, 0.5) is 8.78 Å². The summed E-state index contributed by atoms with van der Waals surface area (Å²) in [5, 5.41) is 7.71. The third kappa shape index (κ3) is 5.88. The molecule has 0 aromatic heterocycles. The fourth-order valence-corrected chi connectivity index (χ4v) is 0.203. The second-order valence-corrected chi connectivity index (χ2v) is 1.91. The van der Waals surface area contributed by atoms with Crippen molar-refractivity contribution in [3.05, 3.63) is 12.3 Å². The summed E-state index contributed by atoms with van der Waals surface area (Å²) in [6, 6.07) is 0. The minimum atomic E-state index is -3.07. The van der Waals surface area contributed by atoms with Crippen LogP contribution in [0, 0.1) is 0 Å². The summed E-state index contributed by atoms with van der Waals surface area (Å²) in [6.45, 7) is 0. The number of hydrogen-bond acceptors (Lipinski definition) is 1. The van der Waals surface area contributed by atoms with Gasteiger partial charge in [0.1, 0.15) is 0 Å². The minimum Gasteiger partial charge on any atom is -0.516 e. The Morgan fingerprint density at radius 1 is 1.57 bits per heavy atom. The summed E-state index contributed by atoms with van der Waals surface area (Å²) in [5.74, 6) is 0. The molecule has 0 aliphatic rings. The molecule has 0 heterocycles. The van der Waals surface area contributed by atoms with E-state index in [1.807, 2.05) is 15.9 Å². The summed E-state index contributed by atoms with van der Waals surface area (Å²) in [6.07, 6.45) is 0.613. The van der Waals surface area contributed by atoms with Crippen molar-refractivity contribution < 1.29 is 13.9 Å². The first kappa shape index (κ1) is 6.88. The van der Waals surface area contributed by atoms with Gasteiger partial charge in [0.25, 0.3) is 0 Å². The lowest BCUT2D eigenvalue weighted by molar-refractivity contribution is 0.168. The first-order valence-corrected chi connectivity index (χ1v) is 2.24. The molecule has 0 spiro atoms. The Hall–Kier alpha value is -0.120. The maximum absolute atomic E-state index is 11.4. The van der Waals surface area contributed by atoms with Gasteiger partial charge in [0.05, 0.1) is 6.26 Å². The van der Waals surface area contributed by atoms with Crippen LogP contribution in [0.3, 0.4) is 0 Å². The number of alkyl halides is 3. The number of aliphatic hydroxyl groups is 1. The summed E-state index contributed by atoms with van der Waals surface area (Å²) >= 11 is 1.96. The first-order chi connectivity index (χ1) is 3.06. The third-order valence-corrected chi connectivity index (χ3v) is 0.528. The first-order valence-electron chi connectivity index (χ1n) is 1.45. The SMILES string of the molecule is OC=CC(F)(F)Br. The number of allylic oxidation sites excluding steroid dienone is 1. The predicted octanol–water partition coefficient (Wildman–Crippen LogP) is 2.05. The van der Waals surface area contributed by atoms with Crippen LogP contribution in [-0.4, -0.2) is 9.94 Å². The lowest BCUT2D eigenvalue weighted by Gasteiger charge is -1.95. The van der Waals surface area contributed by atoms with Crippen LogP contribution in [0.15, 0.2) is 12.3 Å². The van der Waals surface area contributed by atoms with Gasteiger partial charge < -0.3 is 5.11 Å². The van der Waals surface area contributed by atoms with E-state index >= 15 is 0 Å². The van der Waals surface area contributed by atoms with E-state index in [2.05, 4.69) is 0 Å². The monoisotopic (exact) mass is 172 g/mol. The molecule has 1 N–H and O–H groups in total. The maximum Gasteiger partial charge on any atom is 0.323 e. The average Bonchev–Trinajstić information content (AvgIpc) is 1.30. The van der Waals surface area contributed by atoms with Crippen molar-refractivity contribution in [1.82, 2.24) is 0 Å². The molecule has 0 aromatic rings. The Morgan fingerprint density at radius 2 is 2.00 bits per heavy atom. The van der Waals surface area contributed by atoms with Crippen LogP contribution in [-0.2, 0) is 0 Å². The highest BCUT2D eigenvalue weighted by Gasteiger charge is 2.17. The molecule has 1 nitrogen and oxygen atoms in total. The summed E-state index contributed by atoms with van der Waals surface area (Å²) in [7, 11) is 0. The molecule has 0 radical (unpaired) electrons. The van der Waals surface area contributed by atoms with E-state index in [0.29, 0.717) is 6.08 Å². The highest BCUT2D eigenvalue weighted by atomic mass is 79.9. The summed E-state index contributed by atoms with van der Waals surface area (Å²) < 4.78 is 22.8. The van der Waals surface area contributed by atoms with Crippen LogP contribution >= 0.6 is 15.9 Å². The zero-order valence-electron chi connectivity index (χ0n) is 3.24. The second kappa shape index (κ2) is 2.26. The highest BCUT2D eigenvalue weighted by Crippen LogP contribution is 2.21. The molecular formula is C3H3BrF2O. The largest absolute Gasteiger partial charge is 0.516 e. The standard InChI is InChI=1S/C3H3BrF2O/c4-3(5,6)1-2-7/h1-2,7H. The Kier molecular flexibility index (Phi) is 2.22. The zero-order valence-corrected chi connectivity index (χ0v) is 4.82. The Bertz CT molecular complexity index is 75.5. The Labute approximate surface area is 47.8 Å². The molecule has 42 valence electrons. The number of aliphatic hydroxyl groups excluding tert-OH is 1. The van der Waals surface area contributed by atoms with Crippen molar-refractivity contribution in [2.24, 2.45) is 0 Å². The van der Waals surface area contributed by atoms with Crippen molar-refractivity contribution >= 4 is 15.9 Å². The summed E-state index contributed by atoms with van der Waals surface area (Å²) in [4.78, 5) is -3.07. The molecule has 0 unspecified atom stereocenters. The van der Waals surface area contributed by atoms with E-state index in [-0.39, 0.29) is 6.26 Å². The molecule has 7 heavy (non-hydrogen) atoms. The highest BCUT2D eigenvalue weighted by molar-refractivity contribution is 9.10. The van der Waals surface area contributed by atoms with Gasteiger partial charge in [0, 0.05) is 6.08 Å². The maximum atomic E-state index is 11.4. The zero-order chi connectivity index (χ0) is 5.91. The van der Waals surface area contributed by atoms with Crippen molar-refractivity contribution in [2.45, 2.75) is 4.83 Å². The lowest BCUT2D eigenvalue weighted by Crippen LogP contribution is -1.96. The van der Waals surface area contributed by atoms with Crippen molar-refractivity contribution in [1.29, 1.82) is 0 Å². The predicted molar refractivity (Wildman–Crippen MR) is 25.6 cm³/mol. The van der Waals surface area contributed by atoms with E-state index in [9.17, 15) is 8.78 Å². The molecule has 0 aliphatic carbocycles. The van der Waals surface area contributed by atoms with Gasteiger partial charge >= 0.3 is 4.83 Å². The van der Waals surface area contributed by atoms with Gasteiger partial charge in [-0.3, -0.25) is 0 Å². The fourth-order valence-electron chi connectivity index (χ4n) is 0.0845. The summed E-state index contributed by atoms with van der Waals surface area (Å²) in [5.41, 5.74) is 0. The van der Waals surface area contributed by atoms with Crippen LogP contribution in [0.5, 0.6) is 0 Å². The normalized spacial score (nSPS) is 13.0. The van der Waals surface area contributed by atoms with Gasteiger partial charge in [-0.1, -0.05) is 0 Å². The third-order valence-electron chi connectivity index (χ3n) is 0.264. The quantitative estimate of drug-likeness (QED) is 0.475. The Balaban J connectivity index is 3.56. The van der Waals surface area contributed by atoms with E-state index in [1.165, 1.54) is 0 Å². The van der Waals surface area contributed by atoms with Gasteiger partial charge in [0.15, 0.2) is 0 Å². The molecule has 0 bridgehead atoms. The molecule has 0 amide bonds. The second-order valence-electron chi connectivity index (χ2n) is 0.857. The molecule has 0 saturated carbocycles. The van der Waals surface area contributed by atoms with Gasteiger partial charge in [-0.25, -0.2) is 0 Å². The lowest BCUT2D eigenvalue weighted by atomic mass is 10.7. The van der Waals surface area contributed by atoms with E-state index < -0.39 is 4.83 Å². The number of rotatable bonds is 1. The van der Waals surface area contributed by atoms with Gasteiger partial charge in [-0.15, -0.1) is 0 Å². The average molecular weight is 173 g/mol. The van der Waals surface area contributed by atoms with Gasteiger partial charge in [-0.05, 0) is 15.9 Å². The van der Waals surface area contributed by atoms with Crippen molar-refractivity contribution in [2.75, 3.05) is 0 Å². The fraction of sp³-hybridized carbons (Fsp3) is 0.333. The van der Waals surface area contributed by atoms with Crippen LogP contribution in [0.2, 0.25) is 0 Å². The van der Waals surface area contributed by atoms with E-state index in [1.54, 1.807) is 0 Å². The molecule has 0 rings (SSSR count). The van der Waals surface area contributed by atoms with Gasteiger partial charge in [0.2, 0.25) is 0 Å². The van der Waals surface area contributed by atoms with Crippen molar-refractivity contribution in [3.63, 3.8) is 0 Å². The van der Waals surface area contributed by atoms with Gasteiger partial charge in [-0.2, -0.15) is 8.78 Å². The molecule has 0 saturated heterocycles. The Morgan fingerprint density at radius 3 is 2.00 bits per heavy atom. The molecular weight excluding hydrogens is 170 g/mol. The topological polar surface area (TPSA) is 20.2 Å².